The number of carbonyl (C=O) groups is 1. The highest BCUT2D eigenvalue weighted by molar-refractivity contribution is 5.75. The van der Waals surface area contributed by atoms with Gasteiger partial charge >= 0.3 is 0 Å². The molecule has 1 N–H and O–H groups in total. The Morgan fingerprint density at radius 1 is 1.53 bits per heavy atom. The molecule has 19 heavy (non-hydrogen) atoms. The molecule has 0 aliphatic rings. The van der Waals surface area contributed by atoms with Gasteiger partial charge in [0.15, 0.2) is 6.04 Å². The number of ketones is 1. The van der Waals surface area contributed by atoms with Crippen LogP contribution in [0.15, 0.2) is 17.4 Å². The number of Topliss-reactive ketones (excluding diaryl/α,β-unsaturated/α-hetero) is 1. The van der Waals surface area contributed by atoms with Crippen LogP contribution in [0, 0.1) is 5.21 Å². The van der Waals surface area contributed by atoms with Gasteiger partial charge in [0.2, 0.25) is 6.20 Å². The van der Waals surface area contributed by atoms with Gasteiger partial charge in [-0.05, 0) is 44.3 Å². The first-order chi connectivity index (χ1) is 8.97. The molecule has 0 saturated carbocycles. The third-order valence-corrected chi connectivity index (χ3v) is 2.54. The molecule has 0 radical (unpaired) electrons. The standard InChI is InChI=1S/C13H24N2O4/c1-11(16)8-6-4-5-7-9-15(18)14-13(10-19-3)12(2)17/h7,9,12-13,17H,4-6,8,10H2,1-3H3/b9-7+,15-14?/t12-,13-/m0/s1. The smallest absolute Gasteiger partial charge is 0.205 e. The fourth-order valence-electron chi connectivity index (χ4n) is 1.43. The lowest BCUT2D eigenvalue weighted by atomic mass is 10.1. The van der Waals surface area contributed by atoms with Gasteiger partial charge in [0.25, 0.3) is 0 Å². The van der Waals surface area contributed by atoms with E-state index in [0.717, 1.165) is 19.3 Å². The number of aliphatic hydroxyl groups is 1. The van der Waals surface area contributed by atoms with Gasteiger partial charge in [-0.2, -0.15) is 0 Å². The Bertz CT molecular complexity index is 314. The number of ether oxygens (including phenoxy) is 1. The second-order valence-corrected chi connectivity index (χ2v) is 4.51. The van der Waals surface area contributed by atoms with Crippen molar-refractivity contribution in [1.29, 1.82) is 0 Å². The normalized spacial score (nSPS) is 15.7. The summed E-state index contributed by atoms with van der Waals surface area (Å²) < 4.78 is 4.87. The fourth-order valence-corrected chi connectivity index (χ4v) is 1.43. The Kier molecular flexibility index (Phi) is 9.92. The van der Waals surface area contributed by atoms with Crippen LogP contribution in [-0.2, 0) is 9.53 Å². The molecule has 0 fully saturated rings. The molecular formula is C13H24N2O4. The molecule has 110 valence electrons. The zero-order chi connectivity index (χ0) is 14.7. The minimum absolute atomic E-state index is 0.184. The van der Waals surface area contributed by atoms with Crippen LogP contribution in [-0.4, -0.2) is 41.6 Å². The van der Waals surface area contributed by atoms with Gasteiger partial charge in [0, 0.05) is 13.5 Å². The number of methoxy groups -OCH3 is 1. The van der Waals surface area contributed by atoms with Crippen molar-refractivity contribution >= 4 is 5.78 Å². The van der Waals surface area contributed by atoms with Gasteiger partial charge in [0.05, 0.1) is 12.7 Å². The molecule has 0 aromatic heterocycles. The SMILES string of the molecule is COC[C@H](N=[N+]([O-])/C=C/CCCCC(C)=O)[C@H](C)O. The maximum atomic E-state index is 11.4. The van der Waals surface area contributed by atoms with E-state index in [9.17, 15) is 15.1 Å². The lowest BCUT2D eigenvalue weighted by Gasteiger charge is -2.11. The van der Waals surface area contributed by atoms with Crippen LogP contribution in [0.5, 0.6) is 0 Å². The molecule has 0 heterocycles. The Morgan fingerprint density at radius 2 is 2.21 bits per heavy atom. The van der Waals surface area contributed by atoms with Gasteiger partial charge in [-0.1, -0.05) is 4.86 Å². The Hall–Kier alpha value is -1.27. The molecule has 0 amide bonds. The lowest BCUT2D eigenvalue weighted by molar-refractivity contribution is -0.464. The van der Waals surface area contributed by atoms with Crippen molar-refractivity contribution in [2.45, 2.75) is 51.7 Å². The van der Waals surface area contributed by atoms with Gasteiger partial charge in [-0.25, -0.2) is 0 Å². The van der Waals surface area contributed by atoms with E-state index < -0.39 is 12.1 Å². The van der Waals surface area contributed by atoms with Crippen molar-refractivity contribution in [3.05, 3.63) is 17.5 Å². The van der Waals surface area contributed by atoms with Gasteiger partial charge in [0.1, 0.15) is 5.78 Å². The zero-order valence-electron chi connectivity index (χ0n) is 11.9. The minimum Gasteiger partial charge on any atom is -0.595 e. The summed E-state index contributed by atoms with van der Waals surface area (Å²) in [7, 11) is 1.49. The fraction of sp³-hybridized carbons (Fsp3) is 0.769. The van der Waals surface area contributed by atoms with E-state index >= 15 is 0 Å². The zero-order valence-corrected chi connectivity index (χ0v) is 11.9. The Labute approximate surface area is 114 Å². The molecule has 0 unspecified atom stereocenters. The van der Waals surface area contributed by atoms with Crippen molar-refractivity contribution in [3.63, 3.8) is 0 Å². The van der Waals surface area contributed by atoms with E-state index in [-0.39, 0.29) is 12.4 Å². The molecule has 0 aliphatic heterocycles. The lowest BCUT2D eigenvalue weighted by Crippen LogP contribution is -2.27. The number of carbonyl (C=O) groups excluding carboxylic acids is 1. The summed E-state index contributed by atoms with van der Waals surface area (Å²) in [6, 6.07) is -0.565. The average molecular weight is 272 g/mol. The highest BCUT2D eigenvalue weighted by Crippen LogP contribution is 2.03. The molecule has 6 nitrogen and oxygen atoms in total. The molecule has 6 heteroatoms. The number of hydroxylamine groups is 1. The number of allylic oxidation sites excluding steroid dienone is 1. The summed E-state index contributed by atoms with van der Waals surface area (Å²) in [5, 5.41) is 24.6. The maximum absolute atomic E-state index is 11.4. The summed E-state index contributed by atoms with van der Waals surface area (Å²) >= 11 is 0. The number of nitrogens with zero attached hydrogens (tertiary/aromatic N) is 2. The van der Waals surface area contributed by atoms with Crippen LogP contribution in [0.3, 0.4) is 0 Å². The predicted molar refractivity (Wildman–Crippen MR) is 71.7 cm³/mol. The first kappa shape index (κ1) is 17.7. The van der Waals surface area contributed by atoms with Crippen LogP contribution in [0.2, 0.25) is 0 Å². The van der Waals surface area contributed by atoms with Crippen molar-refractivity contribution in [2.24, 2.45) is 5.11 Å². The van der Waals surface area contributed by atoms with Gasteiger partial charge < -0.3 is 19.8 Å². The van der Waals surface area contributed by atoms with Crippen molar-refractivity contribution < 1.29 is 19.5 Å². The van der Waals surface area contributed by atoms with Crippen LogP contribution in [0.25, 0.3) is 0 Å². The largest absolute Gasteiger partial charge is 0.595 e. The third-order valence-electron chi connectivity index (χ3n) is 2.54. The van der Waals surface area contributed by atoms with Crippen molar-refractivity contribution in [1.82, 2.24) is 0 Å². The summed E-state index contributed by atoms with van der Waals surface area (Å²) in [5.74, 6) is 0.184. The van der Waals surface area contributed by atoms with Gasteiger partial charge in [-0.3, -0.25) is 0 Å². The van der Waals surface area contributed by atoms with E-state index in [1.54, 1.807) is 19.9 Å². The third kappa shape index (κ3) is 10.3. The Balaban J connectivity index is 4.04. The highest BCUT2D eigenvalue weighted by atomic mass is 16.5. The summed E-state index contributed by atoms with van der Waals surface area (Å²) in [6.07, 6.45) is 5.29. The highest BCUT2D eigenvalue weighted by Gasteiger charge is 2.17. The van der Waals surface area contributed by atoms with E-state index in [2.05, 4.69) is 5.11 Å². The molecule has 0 saturated heterocycles. The quantitative estimate of drug-likeness (QED) is 0.285. The molecule has 0 rings (SSSR count). The molecular weight excluding hydrogens is 248 g/mol. The molecule has 0 aromatic carbocycles. The molecule has 0 bridgehead atoms. The predicted octanol–water partition coefficient (Wildman–Crippen LogP) is 2.01. The number of hydrogen-bond donors (Lipinski definition) is 1. The Morgan fingerprint density at radius 3 is 2.74 bits per heavy atom. The average Bonchev–Trinajstić information content (AvgIpc) is 2.32. The topological polar surface area (TPSA) is 85.0 Å². The second kappa shape index (κ2) is 10.6. The molecule has 0 aromatic rings. The van der Waals surface area contributed by atoms with Crippen LogP contribution < -0.4 is 0 Å². The van der Waals surface area contributed by atoms with Crippen LogP contribution in [0.1, 0.15) is 39.5 Å². The minimum atomic E-state index is -0.736. The number of unbranched alkanes of at least 4 members (excludes halogenated alkanes) is 2. The molecule has 0 aliphatic carbocycles. The van der Waals surface area contributed by atoms with Crippen molar-refractivity contribution in [2.75, 3.05) is 13.7 Å². The summed E-state index contributed by atoms with van der Waals surface area (Å²) in [5.41, 5.74) is 0. The number of rotatable bonds is 10. The van der Waals surface area contributed by atoms with E-state index in [0.29, 0.717) is 11.3 Å². The number of hydrogen-bond acceptors (Lipinski definition) is 5. The maximum Gasteiger partial charge on any atom is 0.205 e. The van der Waals surface area contributed by atoms with Gasteiger partial charge in [-0.15, -0.1) is 0 Å². The van der Waals surface area contributed by atoms with E-state index in [1.165, 1.54) is 13.3 Å². The first-order valence-electron chi connectivity index (χ1n) is 6.47. The van der Waals surface area contributed by atoms with E-state index in [1.807, 2.05) is 0 Å². The molecule has 2 atom stereocenters. The number of aliphatic hydroxyl groups excluding tert-OH is 1. The monoisotopic (exact) mass is 272 g/mol. The van der Waals surface area contributed by atoms with E-state index in [4.69, 9.17) is 4.74 Å². The number of azo groups is 1. The first-order valence-corrected chi connectivity index (χ1v) is 6.47. The van der Waals surface area contributed by atoms with Crippen LogP contribution >= 0.6 is 0 Å². The van der Waals surface area contributed by atoms with Crippen LogP contribution in [0.4, 0.5) is 0 Å². The summed E-state index contributed by atoms with van der Waals surface area (Å²) in [6.45, 7) is 3.33. The van der Waals surface area contributed by atoms with Crippen molar-refractivity contribution in [3.8, 4) is 0 Å². The second-order valence-electron chi connectivity index (χ2n) is 4.51. The molecule has 0 spiro atoms. The summed E-state index contributed by atoms with van der Waals surface area (Å²) in [4.78, 5) is 11.2.